The Morgan fingerprint density at radius 3 is 2.38 bits per heavy atom. The van der Waals surface area contributed by atoms with Gasteiger partial charge in [0.1, 0.15) is 0 Å². The maximum atomic E-state index is 10.9. The zero-order chi connectivity index (χ0) is 12.2. The van der Waals surface area contributed by atoms with E-state index in [9.17, 15) is 9.90 Å². The maximum absolute atomic E-state index is 10.9. The van der Waals surface area contributed by atoms with Crippen LogP contribution in [0.25, 0.3) is 0 Å². The predicted octanol–water partition coefficient (Wildman–Crippen LogP) is 1.08. The van der Waals surface area contributed by atoms with Gasteiger partial charge in [0.15, 0.2) is 0 Å². The van der Waals surface area contributed by atoms with Crippen LogP contribution in [-0.4, -0.2) is 36.9 Å². The van der Waals surface area contributed by atoms with Crippen molar-refractivity contribution in [2.24, 2.45) is 5.41 Å². The maximum Gasteiger partial charge on any atom is 0.319 e. The lowest BCUT2D eigenvalue weighted by Gasteiger charge is -2.40. The fourth-order valence-electron chi connectivity index (χ4n) is 2.04. The van der Waals surface area contributed by atoms with E-state index in [-0.39, 0.29) is 12.5 Å². The van der Waals surface area contributed by atoms with Crippen LogP contribution < -0.4 is 5.32 Å². The van der Waals surface area contributed by atoms with E-state index in [1.54, 1.807) is 0 Å². The molecule has 1 aliphatic carbocycles. The summed E-state index contributed by atoms with van der Waals surface area (Å²) in [6.07, 6.45) is 3.66. The van der Waals surface area contributed by atoms with Crippen molar-refractivity contribution in [2.75, 3.05) is 20.2 Å². The average molecular weight is 229 g/mol. The Morgan fingerprint density at radius 2 is 1.88 bits per heavy atom. The van der Waals surface area contributed by atoms with E-state index in [2.05, 4.69) is 23.9 Å². The molecule has 1 saturated carbocycles. The second kappa shape index (κ2) is 5.15. The van der Waals surface area contributed by atoms with Gasteiger partial charge in [0.2, 0.25) is 0 Å². The summed E-state index contributed by atoms with van der Waals surface area (Å²) in [7, 11) is 1.36. The molecule has 1 fully saturated rings. The standard InChI is InChI=1S/C12H23NO3/c1-11(2)4-6-12(15,7-5-11)9-13-8-10(14)16-3/h13,15H,4-9H2,1-3H3. The van der Waals surface area contributed by atoms with E-state index >= 15 is 0 Å². The predicted molar refractivity (Wildman–Crippen MR) is 62.1 cm³/mol. The lowest BCUT2D eigenvalue weighted by molar-refractivity contribution is -0.139. The van der Waals surface area contributed by atoms with Gasteiger partial charge < -0.3 is 15.2 Å². The number of nitrogens with one attached hydrogen (secondary N) is 1. The third-order valence-corrected chi connectivity index (χ3v) is 3.49. The van der Waals surface area contributed by atoms with Crippen LogP contribution in [0.4, 0.5) is 0 Å². The van der Waals surface area contributed by atoms with Crippen molar-refractivity contribution in [2.45, 2.75) is 45.1 Å². The highest BCUT2D eigenvalue weighted by atomic mass is 16.5. The Kier molecular flexibility index (Phi) is 4.33. The largest absolute Gasteiger partial charge is 0.468 e. The number of esters is 1. The molecule has 2 N–H and O–H groups in total. The fraction of sp³-hybridized carbons (Fsp3) is 0.917. The molecule has 4 nitrogen and oxygen atoms in total. The number of carbonyl (C=O) groups excluding carboxylic acids is 1. The monoisotopic (exact) mass is 229 g/mol. The molecule has 0 heterocycles. The Hall–Kier alpha value is -0.610. The van der Waals surface area contributed by atoms with Gasteiger partial charge in [0.25, 0.3) is 0 Å². The van der Waals surface area contributed by atoms with Gasteiger partial charge in [-0.05, 0) is 31.1 Å². The van der Waals surface area contributed by atoms with Crippen LogP contribution in [0.1, 0.15) is 39.5 Å². The fourth-order valence-corrected chi connectivity index (χ4v) is 2.04. The van der Waals surface area contributed by atoms with Gasteiger partial charge in [-0.1, -0.05) is 13.8 Å². The topological polar surface area (TPSA) is 58.6 Å². The molecule has 0 aromatic carbocycles. The number of rotatable bonds is 4. The Balaban J connectivity index is 2.29. The molecule has 0 unspecified atom stereocenters. The van der Waals surface area contributed by atoms with E-state index in [0.29, 0.717) is 12.0 Å². The van der Waals surface area contributed by atoms with Crippen molar-refractivity contribution < 1.29 is 14.6 Å². The molecule has 1 rings (SSSR count). The second-order valence-corrected chi connectivity index (χ2v) is 5.57. The van der Waals surface area contributed by atoms with Crippen LogP contribution in [0, 0.1) is 5.41 Å². The van der Waals surface area contributed by atoms with Gasteiger partial charge in [-0.15, -0.1) is 0 Å². The van der Waals surface area contributed by atoms with E-state index in [4.69, 9.17) is 0 Å². The zero-order valence-electron chi connectivity index (χ0n) is 10.5. The first kappa shape index (κ1) is 13.5. The van der Waals surface area contributed by atoms with E-state index in [1.165, 1.54) is 7.11 Å². The molecule has 0 saturated heterocycles. The van der Waals surface area contributed by atoms with Crippen LogP contribution in [0.15, 0.2) is 0 Å². The number of hydrogen-bond donors (Lipinski definition) is 2. The molecular formula is C12H23NO3. The molecule has 0 spiro atoms. The molecule has 0 aliphatic heterocycles. The number of hydrogen-bond acceptors (Lipinski definition) is 4. The quantitative estimate of drug-likeness (QED) is 0.708. The minimum atomic E-state index is -0.649. The van der Waals surface area contributed by atoms with Crippen LogP contribution in [0.2, 0.25) is 0 Å². The van der Waals surface area contributed by atoms with Crippen LogP contribution in [0.3, 0.4) is 0 Å². The molecule has 0 radical (unpaired) electrons. The molecule has 16 heavy (non-hydrogen) atoms. The van der Waals surface area contributed by atoms with Crippen molar-refractivity contribution in [3.8, 4) is 0 Å². The molecular weight excluding hydrogens is 206 g/mol. The number of methoxy groups -OCH3 is 1. The lowest BCUT2D eigenvalue weighted by atomic mass is 9.71. The summed E-state index contributed by atoms with van der Waals surface area (Å²) in [6, 6.07) is 0. The number of carbonyl (C=O) groups is 1. The lowest BCUT2D eigenvalue weighted by Crippen LogP contribution is -2.46. The third-order valence-electron chi connectivity index (χ3n) is 3.49. The molecule has 94 valence electrons. The number of aliphatic hydroxyl groups is 1. The van der Waals surface area contributed by atoms with Crippen molar-refractivity contribution >= 4 is 5.97 Å². The summed E-state index contributed by atoms with van der Waals surface area (Å²) in [5.41, 5.74) is -0.307. The van der Waals surface area contributed by atoms with Gasteiger partial charge in [-0.3, -0.25) is 4.79 Å². The summed E-state index contributed by atoms with van der Waals surface area (Å²) >= 11 is 0. The SMILES string of the molecule is COC(=O)CNCC1(O)CCC(C)(C)CC1. The molecule has 4 heteroatoms. The minimum absolute atomic E-state index is 0.169. The van der Waals surface area contributed by atoms with Gasteiger partial charge in [0.05, 0.1) is 19.3 Å². The van der Waals surface area contributed by atoms with Gasteiger partial charge in [-0.25, -0.2) is 0 Å². The van der Waals surface area contributed by atoms with Crippen molar-refractivity contribution in [3.05, 3.63) is 0 Å². The highest BCUT2D eigenvalue weighted by Gasteiger charge is 2.36. The molecule has 0 aromatic rings. The first-order valence-electron chi connectivity index (χ1n) is 5.87. The Labute approximate surface area is 97.4 Å². The van der Waals surface area contributed by atoms with Gasteiger partial charge in [-0.2, -0.15) is 0 Å². The normalized spacial score (nSPS) is 22.8. The molecule has 0 aromatic heterocycles. The summed E-state index contributed by atoms with van der Waals surface area (Å²) in [6.45, 7) is 5.10. The highest BCUT2D eigenvalue weighted by molar-refractivity contribution is 5.71. The Bertz CT molecular complexity index is 241. The zero-order valence-corrected chi connectivity index (χ0v) is 10.5. The molecule has 0 amide bonds. The second-order valence-electron chi connectivity index (χ2n) is 5.57. The van der Waals surface area contributed by atoms with Crippen LogP contribution in [-0.2, 0) is 9.53 Å². The average Bonchev–Trinajstić information content (AvgIpc) is 2.23. The third kappa shape index (κ3) is 4.10. The molecule has 1 aliphatic rings. The van der Waals surface area contributed by atoms with Crippen LogP contribution >= 0.6 is 0 Å². The van der Waals surface area contributed by atoms with Crippen LogP contribution in [0.5, 0.6) is 0 Å². The minimum Gasteiger partial charge on any atom is -0.468 e. The van der Waals surface area contributed by atoms with E-state index < -0.39 is 5.60 Å². The van der Waals surface area contributed by atoms with Crippen molar-refractivity contribution in [3.63, 3.8) is 0 Å². The smallest absolute Gasteiger partial charge is 0.319 e. The summed E-state index contributed by atoms with van der Waals surface area (Å²) in [4.78, 5) is 10.9. The van der Waals surface area contributed by atoms with E-state index in [0.717, 1.165) is 25.7 Å². The first-order chi connectivity index (χ1) is 7.37. The van der Waals surface area contributed by atoms with Gasteiger partial charge >= 0.3 is 5.97 Å². The first-order valence-corrected chi connectivity index (χ1v) is 5.87. The van der Waals surface area contributed by atoms with Gasteiger partial charge in [0, 0.05) is 6.54 Å². The number of ether oxygens (including phenoxy) is 1. The Morgan fingerprint density at radius 1 is 1.31 bits per heavy atom. The summed E-state index contributed by atoms with van der Waals surface area (Å²) < 4.78 is 4.52. The summed E-state index contributed by atoms with van der Waals surface area (Å²) in [5.74, 6) is -0.292. The summed E-state index contributed by atoms with van der Waals surface area (Å²) in [5, 5.41) is 13.2. The van der Waals surface area contributed by atoms with Crippen molar-refractivity contribution in [1.82, 2.24) is 5.32 Å². The molecule has 0 atom stereocenters. The highest BCUT2D eigenvalue weighted by Crippen LogP contribution is 2.39. The van der Waals surface area contributed by atoms with E-state index in [1.807, 2.05) is 0 Å². The van der Waals surface area contributed by atoms with Crippen molar-refractivity contribution in [1.29, 1.82) is 0 Å². The molecule has 0 bridgehead atoms.